The molecular weight excluding hydrogens is 324 g/mol. The zero-order valence-corrected chi connectivity index (χ0v) is 12.5. The van der Waals surface area contributed by atoms with Crippen molar-refractivity contribution < 1.29 is 9.90 Å². The number of aliphatic hydroxyl groups excluding tert-OH is 1. The number of urea groups is 1. The average Bonchev–Trinajstić information content (AvgIpc) is 2.81. The predicted octanol–water partition coefficient (Wildman–Crippen LogP) is 2.59. The lowest BCUT2D eigenvalue weighted by Crippen LogP contribution is -2.19. The molecule has 7 heteroatoms. The van der Waals surface area contributed by atoms with Crippen LogP contribution >= 0.6 is 15.9 Å². The number of halogens is 1. The molecule has 20 heavy (non-hydrogen) atoms. The van der Waals surface area contributed by atoms with Crippen LogP contribution in [0.25, 0.3) is 0 Å². The van der Waals surface area contributed by atoms with Crippen LogP contribution in [-0.4, -0.2) is 27.5 Å². The minimum Gasteiger partial charge on any atom is -0.394 e. The van der Waals surface area contributed by atoms with Crippen LogP contribution in [0.15, 0.2) is 35.1 Å². The minimum absolute atomic E-state index is 0.00360. The molecule has 0 aliphatic heterocycles. The van der Waals surface area contributed by atoms with E-state index in [4.69, 9.17) is 5.11 Å². The van der Waals surface area contributed by atoms with E-state index in [1.807, 2.05) is 25.1 Å². The van der Waals surface area contributed by atoms with E-state index in [2.05, 4.69) is 31.7 Å². The van der Waals surface area contributed by atoms with Crippen LogP contribution in [0.2, 0.25) is 0 Å². The summed E-state index contributed by atoms with van der Waals surface area (Å²) in [6.45, 7) is 2.38. The van der Waals surface area contributed by atoms with Crippen molar-refractivity contribution in [3.8, 4) is 0 Å². The second-order valence-corrected chi connectivity index (χ2v) is 5.13. The molecule has 1 aromatic heterocycles. The molecule has 1 aromatic carbocycles. The van der Waals surface area contributed by atoms with Gasteiger partial charge in [0.2, 0.25) is 0 Å². The summed E-state index contributed by atoms with van der Waals surface area (Å²) in [5, 5.41) is 18.2. The summed E-state index contributed by atoms with van der Waals surface area (Å²) in [7, 11) is 0. The molecule has 2 aromatic rings. The van der Waals surface area contributed by atoms with Crippen LogP contribution in [-0.2, 0) is 6.54 Å². The number of aromatic nitrogens is 2. The number of aryl methyl sites for hydroxylation is 1. The van der Waals surface area contributed by atoms with Gasteiger partial charge < -0.3 is 15.7 Å². The maximum atomic E-state index is 11.9. The van der Waals surface area contributed by atoms with Gasteiger partial charge >= 0.3 is 6.03 Å². The Hall–Kier alpha value is -1.86. The Morgan fingerprint density at radius 3 is 2.95 bits per heavy atom. The first-order chi connectivity index (χ1) is 9.58. The summed E-state index contributed by atoms with van der Waals surface area (Å²) in [4.78, 5) is 11.9. The summed E-state index contributed by atoms with van der Waals surface area (Å²) in [5.74, 6) is 0. The van der Waals surface area contributed by atoms with E-state index in [0.717, 1.165) is 10.0 Å². The van der Waals surface area contributed by atoms with Gasteiger partial charge in [-0.05, 0) is 40.5 Å². The lowest BCUT2D eigenvalue weighted by molar-refractivity contribution is 0.262. The predicted molar refractivity (Wildman–Crippen MR) is 80.8 cm³/mol. The Labute approximate surface area is 124 Å². The fourth-order valence-corrected chi connectivity index (χ4v) is 2.25. The topological polar surface area (TPSA) is 79.2 Å². The van der Waals surface area contributed by atoms with Gasteiger partial charge in [0, 0.05) is 10.7 Å². The first-order valence-corrected chi connectivity index (χ1v) is 6.85. The average molecular weight is 339 g/mol. The lowest BCUT2D eigenvalue weighted by atomic mass is 10.2. The number of rotatable bonds is 4. The normalized spacial score (nSPS) is 10.3. The Morgan fingerprint density at radius 2 is 2.25 bits per heavy atom. The molecule has 1 heterocycles. The largest absolute Gasteiger partial charge is 0.394 e. The van der Waals surface area contributed by atoms with E-state index in [1.165, 1.54) is 6.20 Å². The van der Waals surface area contributed by atoms with Crippen LogP contribution in [0, 0.1) is 6.92 Å². The van der Waals surface area contributed by atoms with Crippen LogP contribution in [0.3, 0.4) is 0 Å². The van der Waals surface area contributed by atoms with Crippen molar-refractivity contribution in [2.75, 3.05) is 17.2 Å². The Kier molecular flexibility index (Phi) is 4.75. The molecule has 3 N–H and O–H groups in total. The number of carbonyl (C=O) groups excluding carboxylic acids is 1. The second-order valence-electron chi connectivity index (χ2n) is 4.28. The number of nitrogens with zero attached hydrogens (tertiary/aromatic N) is 2. The second kappa shape index (κ2) is 6.53. The standard InChI is InChI=1S/C13H15BrN4O2/c1-9-2-3-12(11(14)6-9)17-13(20)16-10-7-15-18(8-10)4-5-19/h2-3,6-8,19H,4-5H2,1H3,(H2,16,17,20). The first-order valence-electron chi connectivity index (χ1n) is 6.06. The van der Waals surface area contributed by atoms with Crippen LogP contribution in [0.5, 0.6) is 0 Å². The van der Waals surface area contributed by atoms with Gasteiger partial charge in [0.1, 0.15) is 0 Å². The van der Waals surface area contributed by atoms with E-state index >= 15 is 0 Å². The SMILES string of the molecule is Cc1ccc(NC(=O)Nc2cnn(CCO)c2)c(Br)c1. The van der Waals surface area contributed by atoms with Crippen LogP contribution < -0.4 is 10.6 Å². The van der Waals surface area contributed by atoms with Gasteiger partial charge in [-0.1, -0.05) is 6.07 Å². The van der Waals surface area contributed by atoms with E-state index < -0.39 is 0 Å². The zero-order chi connectivity index (χ0) is 14.5. The molecule has 0 atom stereocenters. The van der Waals surface area contributed by atoms with Crippen molar-refractivity contribution in [1.29, 1.82) is 0 Å². The third-order valence-corrected chi connectivity index (χ3v) is 3.25. The molecule has 0 unspecified atom stereocenters. The summed E-state index contributed by atoms with van der Waals surface area (Å²) in [6, 6.07) is 5.32. The summed E-state index contributed by atoms with van der Waals surface area (Å²) in [5.41, 5.74) is 2.36. The summed E-state index contributed by atoms with van der Waals surface area (Å²) in [6.07, 6.45) is 3.18. The Balaban J connectivity index is 1.97. The summed E-state index contributed by atoms with van der Waals surface area (Å²) >= 11 is 3.40. The molecule has 0 aliphatic carbocycles. The van der Waals surface area contributed by atoms with E-state index in [1.54, 1.807) is 10.9 Å². The lowest BCUT2D eigenvalue weighted by Gasteiger charge is -2.08. The summed E-state index contributed by atoms with van der Waals surface area (Å²) < 4.78 is 2.38. The van der Waals surface area contributed by atoms with Crippen molar-refractivity contribution in [3.05, 3.63) is 40.6 Å². The molecule has 0 bridgehead atoms. The molecule has 2 rings (SSSR count). The minimum atomic E-state index is -0.349. The number of anilines is 2. The van der Waals surface area contributed by atoms with Crippen LogP contribution in [0.4, 0.5) is 16.2 Å². The van der Waals surface area contributed by atoms with Crippen molar-refractivity contribution in [2.45, 2.75) is 13.5 Å². The van der Waals surface area contributed by atoms with Gasteiger partial charge in [0.15, 0.2) is 0 Å². The molecule has 0 saturated heterocycles. The Bertz CT molecular complexity index is 612. The molecule has 106 valence electrons. The number of carbonyl (C=O) groups is 1. The highest BCUT2D eigenvalue weighted by Crippen LogP contribution is 2.23. The molecule has 0 aliphatic rings. The van der Waals surface area contributed by atoms with Gasteiger partial charge in [0.25, 0.3) is 0 Å². The van der Waals surface area contributed by atoms with E-state index in [-0.39, 0.29) is 12.6 Å². The zero-order valence-electron chi connectivity index (χ0n) is 10.9. The van der Waals surface area contributed by atoms with E-state index in [9.17, 15) is 4.79 Å². The number of hydrogen-bond donors (Lipinski definition) is 3. The van der Waals surface area contributed by atoms with Gasteiger partial charge in [-0.3, -0.25) is 4.68 Å². The number of hydrogen-bond acceptors (Lipinski definition) is 3. The molecule has 0 saturated carbocycles. The van der Waals surface area contributed by atoms with Crippen molar-refractivity contribution in [2.24, 2.45) is 0 Å². The number of benzene rings is 1. The van der Waals surface area contributed by atoms with Gasteiger partial charge in [-0.25, -0.2) is 4.79 Å². The fourth-order valence-electron chi connectivity index (χ4n) is 1.66. The highest BCUT2D eigenvalue weighted by atomic mass is 79.9. The first kappa shape index (κ1) is 14.5. The molecule has 0 spiro atoms. The van der Waals surface area contributed by atoms with Gasteiger partial charge in [-0.2, -0.15) is 5.10 Å². The molecule has 6 nitrogen and oxygen atoms in total. The molecular formula is C13H15BrN4O2. The van der Waals surface area contributed by atoms with E-state index in [0.29, 0.717) is 17.9 Å². The molecule has 0 fully saturated rings. The van der Waals surface area contributed by atoms with Crippen molar-refractivity contribution in [3.63, 3.8) is 0 Å². The Morgan fingerprint density at radius 1 is 1.45 bits per heavy atom. The van der Waals surface area contributed by atoms with Gasteiger partial charge in [-0.15, -0.1) is 0 Å². The third-order valence-electron chi connectivity index (χ3n) is 2.59. The van der Waals surface area contributed by atoms with Crippen molar-refractivity contribution >= 4 is 33.3 Å². The highest BCUT2D eigenvalue weighted by Gasteiger charge is 2.07. The van der Waals surface area contributed by atoms with Crippen LogP contribution in [0.1, 0.15) is 5.56 Å². The molecule has 2 amide bonds. The maximum absolute atomic E-state index is 11.9. The third kappa shape index (κ3) is 3.82. The quantitative estimate of drug-likeness (QED) is 0.801. The monoisotopic (exact) mass is 338 g/mol. The smallest absolute Gasteiger partial charge is 0.323 e. The highest BCUT2D eigenvalue weighted by molar-refractivity contribution is 9.10. The molecule has 0 radical (unpaired) electrons. The fraction of sp³-hybridized carbons (Fsp3) is 0.231. The number of aliphatic hydroxyl groups is 1. The maximum Gasteiger partial charge on any atom is 0.323 e. The van der Waals surface area contributed by atoms with Crippen molar-refractivity contribution in [1.82, 2.24) is 9.78 Å². The number of amides is 2. The van der Waals surface area contributed by atoms with Gasteiger partial charge in [0.05, 0.1) is 30.7 Å². The number of nitrogens with one attached hydrogen (secondary N) is 2.